The molecule has 0 spiro atoms. The summed E-state index contributed by atoms with van der Waals surface area (Å²) in [4.78, 5) is 1.07. The lowest BCUT2D eigenvalue weighted by Crippen LogP contribution is -2.11. The third-order valence-electron chi connectivity index (χ3n) is 2.83. The summed E-state index contributed by atoms with van der Waals surface area (Å²) in [6.45, 7) is 3.97. The van der Waals surface area contributed by atoms with Crippen LogP contribution in [0, 0.1) is 13.8 Å². The van der Waals surface area contributed by atoms with Crippen molar-refractivity contribution in [2.75, 3.05) is 0 Å². The summed E-state index contributed by atoms with van der Waals surface area (Å²) in [5, 5.41) is 0.748. The number of rotatable bonds is 2. The largest absolute Gasteiger partial charge is 0.320 e. The number of nitrogens with two attached hydrogens (primary N) is 1. The van der Waals surface area contributed by atoms with Crippen LogP contribution in [0.25, 0.3) is 0 Å². The average molecular weight is 286 g/mol. The molecule has 0 bridgehead atoms. The van der Waals surface area contributed by atoms with Crippen LogP contribution in [0.2, 0.25) is 9.36 Å². The molecule has 2 aromatic rings. The van der Waals surface area contributed by atoms with Crippen molar-refractivity contribution in [1.29, 1.82) is 0 Å². The molecule has 0 saturated carbocycles. The molecule has 1 aromatic carbocycles. The van der Waals surface area contributed by atoms with Crippen LogP contribution in [0.4, 0.5) is 0 Å². The number of aryl methyl sites for hydroxylation is 1. The zero-order valence-electron chi connectivity index (χ0n) is 9.63. The molecule has 1 unspecified atom stereocenters. The molecule has 1 aromatic heterocycles. The number of halogens is 2. The minimum absolute atomic E-state index is 0.162. The monoisotopic (exact) mass is 285 g/mol. The fraction of sp³-hybridized carbons (Fsp3) is 0.231. The van der Waals surface area contributed by atoms with E-state index in [1.807, 2.05) is 38.1 Å². The highest BCUT2D eigenvalue weighted by atomic mass is 35.5. The maximum absolute atomic E-state index is 6.26. The zero-order chi connectivity index (χ0) is 12.6. The van der Waals surface area contributed by atoms with Crippen LogP contribution >= 0.6 is 34.5 Å². The van der Waals surface area contributed by atoms with Crippen molar-refractivity contribution in [2.45, 2.75) is 19.9 Å². The molecule has 0 fully saturated rings. The lowest BCUT2D eigenvalue weighted by Gasteiger charge is -2.14. The SMILES string of the molecule is Cc1cc(C(N)c2cccc(Cl)c2C)sc1Cl. The van der Waals surface area contributed by atoms with E-state index in [1.165, 1.54) is 11.3 Å². The van der Waals surface area contributed by atoms with Crippen LogP contribution in [0.1, 0.15) is 27.6 Å². The Hall–Kier alpha value is -0.540. The highest BCUT2D eigenvalue weighted by molar-refractivity contribution is 7.16. The Labute approximate surface area is 115 Å². The minimum atomic E-state index is -0.162. The summed E-state index contributed by atoms with van der Waals surface area (Å²) in [6, 6.07) is 7.68. The van der Waals surface area contributed by atoms with Gasteiger partial charge in [0.25, 0.3) is 0 Å². The fourth-order valence-electron chi connectivity index (χ4n) is 1.75. The second-order valence-electron chi connectivity index (χ2n) is 4.04. The molecule has 1 atom stereocenters. The van der Waals surface area contributed by atoms with Crippen LogP contribution in [0.3, 0.4) is 0 Å². The van der Waals surface area contributed by atoms with E-state index in [9.17, 15) is 0 Å². The number of hydrogen-bond donors (Lipinski definition) is 1. The maximum atomic E-state index is 6.26. The van der Waals surface area contributed by atoms with Gasteiger partial charge in [0.05, 0.1) is 10.4 Å². The summed E-state index contributed by atoms with van der Waals surface area (Å²) in [5.74, 6) is 0. The first-order valence-electron chi connectivity index (χ1n) is 5.27. The van der Waals surface area contributed by atoms with E-state index in [0.717, 1.165) is 30.9 Å². The highest BCUT2D eigenvalue weighted by Gasteiger charge is 2.16. The molecule has 0 amide bonds. The molecule has 17 heavy (non-hydrogen) atoms. The summed E-state index contributed by atoms with van der Waals surface area (Å²) in [6.07, 6.45) is 0. The van der Waals surface area contributed by atoms with Crippen molar-refractivity contribution in [2.24, 2.45) is 5.73 Å². The van der Waals surface area contributed by atoms with Crippen molar-refractivity contribution < 1.29 is 0 Å². The molecule has 2 N–H and O–H groups in total. The fourth-order valence-corrected chi connectivity index (χ4v) is 3.17. The Morgan fingerprint density at radius 1 is 1.24 bits per heavy atom. The molecular weight excluding hydrogens is 273 g/mol. The van der Waals surface area contributed by atoms with Gasteiger partial charge in [-0.1, -0.05) is 35.3 Å². The van der Waals surface area contributed by atoms with Crippen molar-refractivity contribution in [3.05, 3.63) is 55.2 Å². The Morgan fingerprint density at radius 2 is 1.94 bits per heavy atom. The van der Waals surface area contributed by atoms with Crippen molar-refractivity contribution in [3.8, 4) is 0 Å². The first-order valence-corrected chi connectivity index (χ1v) is 6.84. The van der Waals surface area contributed by atoms with E-state index in [0.29, 0.717) is 0 Å². The van der Waals surface area contributed by atoms with Gasteiger partial charge in [0.15, 0.2) is 0 Å². The quantitative estimate of drug-likeness (QED) is 0.849. The van der Waals surface area contributed by atoms with E-state index in [2.05, 4.69) is 0 Å². The van der Waals surface area contributed by atoms with E-state index in [1.54, 1.807) is 0 Å². The standard InChI is InChI=1S/C13H13Cl2NS/c1-7-6-11(17-13(7)15)12(16)9-4-3-5-10(14)8(9)2/h3-6,12H,16H2,1-2H3. The van der Waals surface area contributed by atoms with Crippen molar-refractivity contribution in [3.63, 3.8) is 0 Å². The molecule has 0 aliphatic rings. The van der Waals surface area contributed by atoms with E-state index < -0.39 is 0 Å². The second-order valence-corrected chi connectivity index (χ2v) is 6.13. The lowest BCUT2D eigenvalue weighted by atomic mass is 10.0. The van der Waals surface area contributed by atoms with Gasteiger partial charge >= 0.3 is 0 Å². The molecule has 1 nitrogen and oxygen atoms in total. The third kappa shape index (κ3) is 2.50. The average Bonchev–Trinajstić information content (AvgIpc) is 2.62. The Bertz CT molecular complexity index is 529. The van der Waals surface area contributed by atoms with Crippen LogP contribution in [-0.2, 0) is 0 Å². The molecule has 0 aliphatic heterocycles. The molecule has 0 radical (unpaired) electrons. The van der Waals surface area contributed by atoms with Gasteiger partial charge in [-0.25, -0.2) is 0 Å². The number of hydrogen-bond acceptors (Lipinski definition) is 2. The number of benzene rings is 1. The zero-order valence-corrected chi connectivity index (χ0v) is 12.0. The minimum Gasteiger partial charge on any atom is -0.320 e. The topological polar surface area (TPSA) is 26.0 Å². The van der Waals surface area contributed by atoms with Gasteiger partial charge in [0, 0.05) is 9.90 Å². The predicted molar refractivity (Wildman–Crippen MR) is 76.3 cm³/mol. The van der Waals surface area contributed by atoms with Gasteiger partial charge in [-0.15, -0.1) is 11.3 Å². The van der Waals surface area contributed by atoms with E-state index in [-0.39, 0.29) is 6.04 Å². The second kappa shape index (κ2) is 4.99. The van der Waals surface area contributed by atoms with Gasteiger partial charge in [-0.05, 0) is 42.7 Å². The summed E-state index contributed by atoms with van der Waals surface area (Å²) < 4.78 is 0.801. The first kappa shape index (κ1) is 12.9. The van der Waals surface area contributed by atoms with Crippen molar-refractivity contribution in [1.82, 2.24) is 0 Å². The van der Waals surface area contributed by atoms with Gasteiger partial charge in [-0.3, -0.25) is 0 Å². The molecule has 4 heteroatoms. The van der Waals surface area contributed by atoms with Crippen LogP contribution in [0.5, 0.6) is 0 Å². The molecule has 2 rings (SSSR count). The van der Waals surface area contributed by atoms with E-state index >= 15 is 0 Å². The van der Waals surface area contributed by atoms with Gasteiger partial charge in [0.1, 0.15) is 0 Å². The summed E-state index contributed by atoms with van der Waals surface area (Å²) in [5.41, 5.74) is 9.42. The third-order valence-corrected chi connectivity index (χ3v) is 4.88. The first-order chi connectivity index (χ1) is 8.00. The molecular formula is C13H13Cl2NS. The summed E-state index contributed by atoms with van der Waals surface area (Å²) in [7, 11) is 0. The Balaban J connectivity index is 2.43. The Kier molecular flexibility index (Phi) is 3.79. The molecule has 90 valence electrons. The smallest absolute Gasteiger partial charge is 0.0961 e. The van der Waals surface area contributed by atoms with Crippen molar-refractivity contribution >= 4 is 34.5 Å². The van der Waals surface area contributed by atoms with Gasteiger partial charge in [-0.2, -0.15) is 0 Å². The van der Waals surface area contributed by atoms with E-state index in [4.69, 9.17) is 28.9 Å². The maximum Gasteiger partial charge on any atom is 0.0961 e. The molecule has 0 saturated heterocycles. The Morgan fingerprint density at radius 3 is 2.53 bits per heavy atom. The molecule has 1 heterocycles. The van der Waals surface area contributed by atoms with Crippen LogP contribution in [0.15, 0.2) is 24.3 Å². The highest BCUT2D eigenvalue weighted by Crippen LogP contribution is 2.34. The molecule has 0 aliphatic carbocycles. The van der Waals surface area contributed by atoms with Crippen LogP contribution < -0.4 is 5.73 Å². The normalized spacial score (nSPS) is 12.8. The van der Waals surface area contributed by atoms with Gasteiger partial charge in [0.2, 0.25) is 0 Å². The van der Waals surface area contributed by atoms with Gasteiger partial charge < -0.3 is 5.73 Å². The lowest BCUT2D eigenvalue weighted by molar-refractivity contribution is 0.882. The predicted octanol–water partition coefficient (Wildman–Crippen LogP) is 4.72. The summed E-state index contributed by atoms with van der Waals surface area (Å²) >= 11 is 13.7. The van der Waals surface area contributed by atoms with Crippen LogP contribution in [-0.4, -0.2) is 0 Å². The number of thiophene rings is 1.